The minimum Gasteiger partial charge on any atom is -0.467 e. The number of carbonyl (C=O) groups is 3. The summed E-state index contributed by atoms with van der Waals surface area (Å²) in [5, 5.41) is 6.08. The maximum atomic E-state index is 12.9. The summed E-state index contributed by atoms with van der Waals surface area (Å²) in [7, 11) is 2.39. The lowest BCUT2D eigenvalue weighted by molar-refractivity contribution is -0.144. The van der Waals surface area contributed by atoms with Crippen molar-refractivity contribution in [2.24, 2.45) is 5.10 Å². The lowest BCUT2D eigenvalue weighted by Crippen LogP contribution is -2.46. The third-order valence-corrected chi connectivity index (χ3v) is 4.50. The number of carbonyl (C=O) groups excluding carboxylic acids is 3. The van der Waals surface area contributed by atoms with Gasteiger partial charge in [-0.05, 0) is 30.3 Å². The molecule has 2 aromatic carbocycles. The highest BCUT2D eigenvalue weighted by atomic mass is 35.5. The van der Waals surface area contributed by atoms with Gasteiger partial charge in [0.1, 0.15) is 5.71 Å². The Hall–Kier alpha value is -3.45. The first-order valence-corrected chi connectivity index (χ1v) is 8.95. The second-order valence-electron chi connectivity index (χ2n) is 6.02. The number of benzene rings is 2. The topological polar surface area (TPSA) is 85.3 Å². The van der Waals surface area contributed by atoms with E-state index < -0.39 is 23.8 Å². The Kier molecular flexibility index (Phi) is 6.09. The van der Waals surface area contributed by atoms with Crippen molar-refractivity contribution >= 4 is 40.7 Å². The van der Waals surface area contributed by atoms with Gasteiger partial charge in [-0.25, -0.2) is 14.6 Å². The minimum absolute atomic E-state index is 0.0216. The first-order chi connectivity index (χ1) is 14.0. The Labute approximate surface area is 172 Å². The van der Waals surface area contributed by atoms with E-state index in [2.05, 4.69) is 5.10 Å². The van der Waals surface area contributed by atoms with Crippen molar-refractivity contribution in [3.05, 3.63) is 76.8 Å². The Bertz CT molecular complexity index is 999. The SMILES string of the molecule is COC(=O)C1=CC(C(=O)c2ccccc2)=NN(c2ccc(Cl)cc2)C1C(=O)OC. The van der Waals surface area contributed by atoms with Crippen LogP contribution >= 0.6 is 11.6 Å². The van der Waals surface area contributed by atoms with E-state index in [4.69, 9.17) is 21.1 Å². The highest BCUT2D eigenvalue weighted by Gasteiger charge is 2.39. The molecule has 0 amide bonds. The number of nitrogens with zero attached hydrogens (tertiary/aromatic N) is 2. The number of ether oxygens (including phenoxy) is 2. The van der Waals surface area contributed by atoms with Crippen LogP contribution in [0.3, 0.4) is 0 Å². The molecule has 0 fully saturated rings. The van der Waals surface area contributed by atoms with Gasteiger partial charge in [0.05, 0.1) is 25.5 Å². The summed E-state index contributed by atoms with van der Waals surface area (Å²) in [5.41, 5.74) is 0.743. The van der Waals surface area contributed by atoms with Crippen LogP contribution in [0.5, 0.6) is 0 Å². The molecule has 0 radical (unpaired) electrons. The number of anilines is 1. The Morgan fingerprint density at radius 3 is 2.21 bits per heavy atom. The van der Waals surface area contributed by atoms with Gasteiger partial charge in [-0.1, -0.05) is 41.9 Å². The highest BCUT2D eigenvalue weighted by molar-refractivity contribution is 6.50. The van der Waals surface area contributed by atoms with Gasteiger partial charge in [-0.3, -0.25) is 4.79 Å². The summed E-state index contributed by atoms with van der Waals surface area (Å²) < 4.78 is 9.68. The molecule has 1 aliphatic heterocycles. The molecule has 29 heavy (non-hydrogen) atoms. The quantitative estimate of drug-likeness (QED) is 0.554. The van der Waals surface area contributed by atoms with E-state index >= 15 is 0 Å². The van der Waals surface area contributed by atoms with Crippen LogP contribution in [0.2, 0.25) is 5.02 Å². The fourth-order valence-electron chi connectivity index (χ4n) is 2.84. The lowest BCUT2D eigenvalue weighted by Gasteiger charge is -2.31. The lowest BCUT2D eigenvalue weighted by atomic mass is 9.98. The number of hydrogen-bond donors (Lipinski definition) is 0. The molecule has 8 heteroatoms. The van der Waals surface area contributed by atoms with Crippen molar-refractivity contribution in [2.45, 2.75) is 6.04 Å². The summed E-state index contributed by atoms with van der Waals surface area (Å²) >= 11 is 5.95. The smallest absolute Gasteiger partial charge is 0.336 e. The zero-order chi connectivity index (χ0) is 21.0. The monoisotopic (exact) mass is 412 g/mol. The molecule has 0 saturated heterocycles. The molecule has 148 valence electrons. The third kappa shape index (κ3) is 4.20. The van der Waals surface area contributed by atoms with E-state index in [1.54, 1.807) is 54.6 Å². The summed E-state index contributed by atoms with van der Waals surface area (Å²) in [6, 6.07) is 13.7. The number of hydrogen-bond acceptors (Lipinski definition) is 7. The summed E-state index contributed by atoms with van der Waals surface area (Å²) in [6.45, 7) is 0. The molecule has 3 rings (SSSR count). The van der Waals surface area contributed by atoms with Crippen LogP contribution < -0.4 is 5.01 Å². The summed E-state index contributed by atoms with van der Waals surface area (Å²) in [4.78, 5) is 37.9. The maximum Gasteiger partial charge on any atom is 0.336 e. The number of ketones is 1. The zero-order valence-electron chi connectivity index (χ0n) is 15.7. The van der Waals surface area contributed by atoms with Crippen molar-refractivity contribution in [1.29, 1.82) is 0 Å². The van der Waals surface area contributed by atoms with Crippen LogP contribution in [0.4, 0.5) is 5.69 Å². The van der Waals surface area contributed by atoms with E-state index in [0.29, 0.717) is 16.3 Å². The number of hydrazone groups is 1. The standard InChI is InChI=1S/C21H17ClN2O5/c1-28-20(26)16-12-17(19(25)13-6-4-3-5-7-13)23-24(18(16)21(27)29-2)15-10-8-14(22)9-11-15/h3-12,18H,1-2H3. The predicted octanol–water partition coefficient (Wildman–Crippen LogP) is 3.04. The molecule has 0 N–H and O–H groups in total. The van der Waals surface area contributed by atoms with Crippen molar-refractivity contribution in [3.63, 3.8) is 0 Å². The number of esters is 2. The maximum absolute atomic E-state index is 12.9. The van der Waals surface area contributed by atoms with Crippen molar-refractivity contribution in [2.75, 3.05) is 19.2 Å². The van der Waals surface area contributed by atoms with Crippen LogP contribution in [0.15, 0.2) is 71.3 Å². The number of halogens is 1. The first-order valence-electron chi connectivity index (χ1n) is 8.57. The van der Waals surface area contributed by atoms with Crippen LogP contribution in [0.1, 0.15) is 10.4 Å². The Morgan fingerprint density at radius 1 is 0.966 bits per heavy atom. The second-order valence-corrected chi connectivity index (χ2v) is 6.45. The van der Waals surface area contributed by atoms with Gasteiger partial charge in [0, 0.05) is 10.6 Å². The molecule has 2 aromatic rings. The molecule has 0 saturated carbocycles. The first kappa shape index (κ1) is 20.3. The van der Waals surface area contributed by atoms with Gasteiger partial charge in [0.2, 0.25) is 5.78 Å². The van der Waals surface area contributed by atoms with E-state index in [-0.39, 0.29) is 11.3 Å². The van der Waals surface area contributed by atoms with Crippen LogP contribution in [-0.4, -0.2) is 43.7 Å². The average Bonchev–Trinajstić information content (AvgIpc) is 2.77. The number of allylic oxidation sites excluding steroid dienone is 1. The normalized spacial score (nSPS) is 15.8. The molecular formula is C21H17ClN2O5. The summed E-state index contributed by atoms with van der Waals surface area (Å²) in [6.07, 6.45) is 1.26. The Morgan fingerprint density at radius 2 is 1.62 bits per heavy atom. The van der Waals surface area contributed by atoms with Crippen LogP contribution in [0.25, 0.3) is 0 Å². The molecule has 1 unspecified atom stereocenters. The molecule has 0 aromatic heterocycles. The average molecular weight is 413 g/mol. The van der Waals surface area contributed by atoms with Gasteiger partial charge in [-0.15, -0.1) is 0 Å². The molecule has 1 heterocycles. The number of rotatable bonds is 5. The van der Waals surface area contributed by atoms with E-state index in [1.807, 2.05) is 0 Å². The zero-order valence-corrected chi connectivity index (χ0v) is 16.4. The van der Waals surface area contributed by atoms with Gasteiger partial charge in [0.15, 0.2) is 6.04 Å². The van der Waals surface area contributed by atoms with Gasteiger partial charge in [0.25, 0.3) is 0 Å². The van der Waals surface area contributed by atoms with Crippen LogP contribution in [-0.2, 0) is 19.1 Å². The van der Waals surface area contributed by atoms with Crippen LogP contribution in [0, 0.1) is 0 Å². The largest absolute Gasteiger partial charge is 0.467 e. The van der Waals surface area contributed by atoms with Crippen molar-refractivity contribution in [3.8, 4) is 0 Å². The number of methoxy groups -OCH3 is 2. The molecule has 0 bridgehead atoms. The highest BCUT2D eigenvalue weighted by Crippen LogP contribution is 2.28. The van der Waals surface area contributed by atoms with Gasteiger partial charge < -0.3 is 9.47 Å². The van der Waals surface area contributed by atoms with Gasteiger partial charge >= 0.3 is 11.9 Å². The van der Waals surface area contributed by atoms with Crippen molar-refractivity contribution < 1.29 is 23.9 Å². The second kappa shape index (κ2) is 8.70. The predicted molar refractivity (Wildman–Crippen MR) is 108 cm³/mol. The van der Waals surface area contributed by atoms with E-state index in [9.17, 15) is 14.4 Å². The fourth-order valence-corrected chi connectivity index (χ4v) is 2.96. The Balaban J connectivity index is 2.15. The summed E-state index contributed by atoms with van der Waals surface area (Å²) in [5.74, 6) is -1.91. The van der Waals surface area contributed by atoms with E-state index in [0.717, 1.165) is 0 Å². The fraction of sp³-hybridized carbons (Fsp3) is 0.143. The van der Waals surface area contributed by atoms with E-state index in [1.165, 1.54) is 25.3 Å². The van der Waals surface area contributed by atoms with Gasteiger partial charge in [-0.2, -0.15) is 5.10 Å². The molecular weight excluding hydrogens is 396 g/mol. The van der Waals surface area contributed by atoms with Crippen molar-refractivity contribution in [1.82, 2.24) is 0 Å². The molecule has 1 atom stereocenters. The molecule has 7 nitrogen and oxygen atoms in total. The third-order valence-electron chi connectivity index (χ3n) is 4.25. The molecule has 1 aliphatic rings. The molecule has 0 aliphatic carbocycles. The minimum atomic E-state index is -1.22. The molecule has 0 spiro atoms. The number of Topliss-reactive ketones (excluding diaryl/α,β-unsaturated/α-hetero) is 1.